The van der Waals surface area contributed by atoms with Gasteiger partial charge in [-0.05, 0) is 30.7 Å². The minimum absolute atomic E-state index is 0.482. The number of halogens is 1. The molecule has 2 nitrogen and oxygen atoms in total. The number of pyridine rings is 1. The van der Waals surface area contributed by atoms with E-state index in [2.05, 4.69) is 17.1 Å². The third-order valence-electron chi connectivity index (χ3n) is 3.25. The normalized spacial score (nSPS) is 10.7. The molecule has 2 aromatic carbocycles. The lowest BCUT2D eigenvalue weighted by atomic mass is 10.1. The highest BCUT2D eigenvalue weighted by atomic mass is 35.5. The summed E-state index contributed by atoms with van der Waals surface area (Å²) in [5.41, 5.74) is 3.12. The van der Waals surface area contributed by atoms with Crippen molar-refractivity contribution in [3.05, 3.63) is 70.9 Å². The zero-order valence-electron chi connectivity index (χ0n) is 11.1. The maximum atomic E-state index is 6.00. The van der Waals surface area contributed by atoms with E-state index >= 15 is 0 Å². The molecule has 20 heavy (non-hydrogen) atoms. The Morgan fingerprint density at radius 2 is 1.95 bits per heavy atom. The maximum absolute atomic E-state index is 6.00. The molecule has 0 bridgehead atoms. The largest absolute Gasteiger partial charge is 0.488 e. The van der Waals surface area contributed by atoms with Crippen molar-refractivity contribution in [1.82, 2.24) is 4.98 Å². The number of hydrogen-bond donors (Lipinski definition) is 0. The number of aryl methyl sites for hydroxylation is 1. The van der Waals surface area contributed by atoms with Gasteiger partial charge in [-0.1, -0.05) is 41.9 Å². The highest BCUT2D eigenvalue weighted by molar-refractivity contribution is 6.30. The second-order valence-corrected chi connectivity index (χ2v) is 5.13. The molecule has 0 fully saturated rings. The Bertz CT molecular complexity index is 750. The molecule has 0 spiro atoms. The fourth-order valence-corrected chi connectivity index (χ4v) is 2.33. The van der Waals surface area contributed by atoms with E-state index in [0.29, 0.717) is 11.6 Å². The van der Waals surface area contributed by atoms with Crippen molar-refractivity contribution in [2.75, 3.05) is 0 Å². The van der Waals surface area contributed by atoms with Crippen LogP contribution in [0.15, 0.2) is 54.7 Å². The van der Waals surface area contributed by atoms with Crippen LogP contribution in [0, 0.1) is 6.92 Å². The summed E-state index contributed by atoms with van der Waals surface area (Å²) in [7, 11) is 0. The molecule has 0 atom stereocenters. The number of nitrogens with zero attached hydrogens (tertiary/aromatic N) is 1. The quantitative estimate of drug-likeness (QED) is 0.690. The Labute approximate surface area is 123 Å². The van der Waals surface area contributed by atoms with E-state index in [0.717, 1.165) is 27.8 Å². The van der Waals surface area contributed by atoms with E-state index in [4.69, 9.17) is 16.3 Å². The van der Waals surface area contributed by atoms with Crippen molar-refractivity contribution in [2.45, 2.75) is 13.5 Å². The van der Waals surface area contributed by atoms with Crippen molar-refractivity contribution in [3.63, 3.8) is 0 Å². The molecule has 0 saturated carbocycles. The Balaban J connectivity index is 1.89. The van der Waals surface area contributed by atoms with Gasteiger partial charge in [0.2, 0.25) is 0 Å². The smallest absolute Gasteiger partial charge is 0.124 e. The summed E-state index contributed by atoms with van der Waals surface area (Å²) in [5.74, 6) is 0.811. The molecular weight excluding hydrogens is 270 g/mol. The van der Waals surface area contributed by atoms with Crippen LogP contribution in [-0.2, 0) is 6.61 Å². The molecule has 1 heterocycles. The Morgan fingerprint density at radius 1 is 1.10 bits per heavy atom. The van der Waals surface area contributed by atoms with Gasteiger partial charge in [-0.25, -0.2) is 0 Å². The standard InChI is InChI=1S/C17H14ClNO/c1-12-7-8-15(18)10-16(12)20-11-14-5-2-4-13-6-3-9-19-17(13)14/h2-10H,11H2,1H3. The van der Waals surface area contributed by atoms with E-state index in [1.54, 1.807) is 6.20 Å². The van der Waals surface area contributed by atoms with Gasteiger partial charge >= 0.3 is 0 Å². The van der Waals surface area contributed by atoms with Crippen molar-refractivity contribution in [1.29, 1.82) is 0 Å². The molecule has 0 aliphatic carbocycles. The number of rotatable bonds is 3. The molecule has 0 radical (unpaired) electrons. The van der Waals surface area contributed by atoms with Gasteiger partial charge < -0.3 is 4.74 Å². The molecular formula is C17H14ClNO. The third-order valence-corrected chi connectivity index (χ3v) is 3.48. The zero-order valence-corrected chi connectivity index (χ0v) is 11.9. The average molecular weight is 284 g/mol. The van der Waals surface area contributed by atoms with Gasteiger partial charge in [0, 0.05) is 22.2 Å². The van der Waals surface area contributed by atoms with Gasteiger partial charge in [-0.3, -0.25) is 4.98 Å². The first kappa shape index (κ1) is 12.9. The number of ether oxygens (including phenoxy) is 1. The predicted molar refractivity (Wildman–Crippen MR) is 82.3 cm³/mol. The van der Waals surface area contributed by atoms with E-state index in [9.17, 15) is 0 Å². The Hall–Kier alpha value is -2.06. The highest BCUT2D eigenvalue weighted by Gasteiger charge is 2.05. The van der Waals surface area contributed by atoms with Gasteiger partial charge in [-0.2, -0.15) is 0 Å². The molecule has 1 aromatic heterocycles. The summed E-state index contributed by atoms with van der Waals surface area (Å²) >= 11 is 6.00. The second kappa shape index (κ2) is 5.51. The summed E-state index contributed by atoms with van der Waals surface area (Å²) in [6.45, 7) is 2.49. The molecule has 0 aliphatic heterocycles. The Kier molecular flexibility index (Phi) is 3.57. The first-order valence-electron chi connectivity index (χ1n) is 6.45. The van der Waals surface area contributed by atoms with Crippen LogP contribution in [-0.4, -0.2) is 4.98 Å². The molecule has 3 aromatic rings. The Morgan fingerprint density at radius 3 is 2.85 bits per heavy atom. The van der Waals surface area contributed by atoms with Gasteiger partial charge in [0.25, 0.3) is 0 Å². The van der Waals surface area contributed by atoms with Crippen molar-refractivity contribution in [3.8, 4) is 5.75 Å². The minimum atomic E-state index is 0.482. The fourth-order valence-electron chi connectivity index (χ4n) is 2.17. The molecule has 0 unspecified atom stereocenters. The molecule has 100 valence electrons. The van der Waals surface area contributed by atoms with Gasteiger partial charge in [0.15, 0.2) is 0 Å². The fraction of sp³-hybridized carbons (Fsp3) is 0.118. The first-order valence-corrected chi connectivity index (χ1v) is 6.83. The predicted octanol–water partition coefficient (Wildman–Crippen LogP) is 4.78. The van der Waals surface area contributed by atoms with Crippen LogP contribution in [0.5, 0.6) is 5.75 Å². The van der Waals surface area contributed by atoms with Crippen LogP contribution >= 0.6 is 11.6 Å². The number of benzene rings is 2. The lowest BCUT2D eigenvalue weighted by molar-refractivity contribution is 0.305. The van der Waals surface area contributed by atoms with Crippen molar-refractivity contribution >= 4 is 22.5 Å². The zero-order chi connectivity index (χ0) is 13.9. The second-order valence-electron chi connectivity index (χ2n) is 4.69. The summed E-state index contributed by atoms with van der Waals surface area (Å²) in [4.78, 5) is 4.43. The number of fused-ring (bicyclic) bond motifs is 1. The topological polar surface area (TPSA) is 22.1 Å². The summed E-state index contributed by atoms with van der Waals surface area (Å²) in [5, 5.41) is 1.80. The molecule has 0 aliphatic rings. The molecule has 3 heteroatoms. The molecule has 0 saturated heterocycles. The first-order chi connectivity index (χ1) is 9.74. The number of para-hydroxylation sites is 1. The summed E-state index contributed by atoms with van der Waals surface area (Å²) in [6, 6.07) is 15.8. The lowest BCUT2D eigenvalue weighted by Crippen LogP contribution is -1.98. The van der Waals surface area contributed by atoms with E-state index in [1.807, 2.05) is 43.3 Å². The molecule has 0 N–H and O–H groups in total. The maximum Gasteiger partial charge on any atom is 0.124 e. The number of aromatic nitrogens is 1. The highest BCUT2D eigenvalue weighted by Crippen LogP contribution is 2.24. The van der Waals surface area contributed by atoms with Crippen LogP contribution in [0.25, 0.3) is 10.9 Å². The van der Waals surface area contributed by atoms with Crippen LogP contribution in [0.3, 0.4) is 0 Å². The number of hydrogen-bond acceptors (Lipinski definition) is 2. The SMILES string of the molecule is Cc1ccc(Cl)cc1OCc1cccc2cccnc12. The van der Waals surface area contributed by atoms with E-state index in [1.165, 1.54) is 0 Å². The summed E-state index contributed by atoms with van der Waals surface area (Å²) in [6.07, 6.45) is 1.80. The van der Waals surface area contributed by atoms with Crippen molar-refractivity contribution in [2.24, 2.45) is 0 Å². The van der Waals surface area contributed by atoms with Crippen LogP contribution in [0.2, 0.25) is 5.02 Å². The average Bonchev–Trinajstić information content (AvgIpc) is 2.48. The molecule has 3 rings (SSSR count). The monoisotopic (exact) mass is 283 g/mol. The lowest BCUT2D eigenvalue weighted by Gasteiger charge is -2.11. The van der Waals surface area contributed by atoms with Crippen molar-refractivity contribution < 1.29 is 4.74 Å². The van der Waals surface area contributed by atoms with Crippen LogP contribution in [0.1, 0.15) is 11.1 Å². The van der Waals surface area contributed by atoms with Gasteiger partial charge in [0.1, 0.15) is 12.4 Å². The van der Waals surface area contributed by atoms with E-state index < -0.39 is 0 Å². The summed E-state index contributed by atoms with van der Waals surface area (Å²) < 4.78 is 5.89. The van der Waals surface area contributed by atoms with Gasteiger partial charge in [-0.15, -0.1) is 0 Å². The minimum Gasteiger partial charge on any atom is -0.488 e. The molecule has 0 amide bonds. The van der Waals surface area contributed by atoms with E-state index in [-0.39, 0.29) is 0 Å². The van der Waals surface area contributed by atoms with Crippen LogP contribution < -0.4 is 4.74 Å². The van der Waals surface area contributed by atoms with Crippen LogP contribution in [0.4, 0.5) is 0 Å². The van der Waals surface area contributed by atoms with Gasteiger partial charge in [0.05, 0.1) is 5.52 Å². The third kappa shape index (κ3) is 2.61.